The lowest BCUT2D eigenvalue weighted by atomic mass is 9.73. The molecule has 1 aliphatic carbocycles. The van der Waals surface area contributed by atoms with Crippen LogP contribution in [-0.4, -0.2) is 34.6 Å². The van der Waals surface area contributed by atoms with Crippen LogP contribution in [0.1, 0.15) is 59.3 Å². The summed E-state index contributed by atoms with van der Waals surface area (Å²) in [4.78, 5) is 13.5. The van der Waals surface area contributed by atoms with Gasteiger partial charge in [0.15, 0.2) is 0 Å². The summed E-state index contributed by atoms with van der Waals surface area (Å²) in [5, 5.41) is 9.19. The number of nitrogens with zero attached hydrogens (tertiary/aromatic N) is 1. The number of rotatable bonds is 6. The van der Waals surface area contributed by atoms with Crippen molar-refractivity contribution in [2.24, 2.45) is 5.92 Å². The Morgan fingerprint density at radius 3 is 2.18 bits per heavy atom. The van der Waals surface area contributed by atoms with Crippen LogP contribution in [-0.2, 0) is 4.79 Å². The molecule has 1 fully saturated rings. The summed E-state index contributed by atoms with van der Waals surface area (Å²) in [5.74, 6) is -0.114. The van der Waals surface area contributed by atoms with E-state index in [1.54, 1.807) is 0 Å². The molecule has 1 N–H and O–H groups in total. The molecule has 3 heteroatoms. The fourth-order valence-corrected chi connectivity index (χ4v) is 3.49. The summed E-state index contributed by atoms with van der Waals surface area (Å²) >= 11 is 0. The van der Waals surface area contributed by atoms with Crippen LogP contribution in [0.5, 0.6) is 0 Å². The molecule has 0 heterocycles. The molecule has 0 aromatic heterocycles. The van der Waals surface area contributed by atoms with Crippen LogP contribution >= 0.6 is 0 Å². The summed E-state index contributed by atoms with van der Waals surface area (Å²) in [6.07, 6.45) is 6.51. The van der Waals surface area contributed by atoms with Gasteiger partial charge in [0.05, 0.1) is 6.42 Å². The van der Waals surface area contributed by atoms with Gasteiger partial charge in [0.2, 0.25) is 0 Å². The molecule has 0 bridgehead atoms. The molecule has 1 saturated carbocycles. The average Bonchev–Trinajstić information content (AvgIpc) is 2.30. The minimum atomic E-state index is -0.662. The van der Waals surface area contributed by atoms with Crippen LogP contribution in [0.25, 0.3) is 0 Å². The summed E-state index contributed by atoms with van der Waals surface area (Å²) in [7, 11) is 0. The first-order chi connectivity index (χ1) is 8.04. The molecule has 17 heavy (non-hydrogen) atoms. The van der Waals surface area contributed by atoms with Crippen LogP contribution in [0.2, 0.25) is 0 Å². The first-order valence-corrected chi connectivity index (χ1v) is 7.01. The Morgan fingerprint density at radius 1 is 1.24 bits per heavy atom. The Morgan fingerprint density at radius 2 is 1.76 bits per heavy atom. The molecule has 3 nitrogen and oxygen atoms in total. The standard InChI is InChI=1S/C14H27NO2/c1-4-15(5-2)14(3,11-13(16)17)12-9-7-6-8-10-12/h12H,4-11H2,1-3H3,(H,16,17). The molecule has 0 saturated heterocycles. The Hall–Kier alpha value is -0.570. The van der Waals surface area contributed by atoms with Gasteiger partial charge in [0, 0.05) is 5.54 Å². The molecule has 1 atom stereocenters. The van der Waals surface area contributed by atoms with E-state index in [1.165, 1.54) is 32.1 Å². The molecular formula is C14H27NO2. The molecule has 0 spiro atoms. The topological polar surface area (TPSA) is 40.5 Å². The third kappa shape index (κ3) is 3.44. The third-order valence-electron chi connectivity index (χ3n) is 4.48. The molecular weight excluding hydrogens is 214 g/mol. The lowest BCUT2D eigenvalue weighted by Crippen LogP contribution is -2.53. The van der Waals surface area contributed by atoms with Gasteiger partial charge in [-0.15, -0.1) is 0 Å². The van der Waals surface area contributed by atoms with E-state index in [9.17, 15) is 9.90 Å². The number of carboxylic acids is 1. The van der Waals surface area contributed by atoms with Gasteiger partial charge in [-0.1, -0.05) is 33.1 Å². The van der Waals surface area contributed by atoms with E-state index in [4.69, 9.17) is 0 Å². The number of hydrogen-bond acceptors (Lipinski definition) is 2. The normalized spacial score (nSPS) is 21.4. The molecule has 1 aliphatic rings. The quantitative estimate of drug-likeness (QED) is 0.776. The summed E-state index contributed by atoms with van der Waals surface area (Å²) < 4.78 is 0. The van der Waals surface area contributed by atoms with E-state index >= 15 is 0 Å². The average molecular weight is 241 g/mol. The monoisotopic (exact) mass is 241 g/mol. The fourth-order valence-electron chi connectivity index (χ4n) is 3.49. The summed E-state index contributed by atoms with van der Waals surface area (Å²) in [6, 6.07) is 0. The van der Waals surface area contributed by atoms with Gasteiger partial charge in [-0.3, -0.25) is 9.69 Å². The number of aliphatic carboxylic acids is 1. The zero-order valence-corrected chi connectivity index (χ0v) is 11.5. The fraction of sp³-hybridized carbons (Fsp3) is 0.929. The van der Waals surface area contributed by atoms with Crippen molar-refractivity contribution in [1.82, 2.24) is 4.90 Å². The van der Waals surface area contributed by atoms with Crippen molar-refractivity contribution in [2.75, 3.05) is 13.1 Å². The zero-order valence-electron chi connectivity index (χ0n) is 11.5. The molecule has 0 radical (unpaired) electrons. The minimum absolute atomic E-state index is 0.157. The molecule has 1 rings (SSSR count). The Kier molecular flexibility index (Phi) is 5.44. The van der Waals surface area contributed by atoms with Crippen LogP contribution in [0.3, 0.4) is 0 Å². The second-order valence-corrected chi connectivity index (χ2v) is 5.43. The highest BCUT2D eigenvalue weighted by Gasteiger charge is 2.40. The van der Waals surface area contributed by atoms with Crippen LogP contribution in [0.4, 0.5) is 0 Å². The molecule has 1 unspecified atom stereocenters. The Labute approximate surface area is 105 Å². The second-order valence-electron chi connectivity index (χ2n) is 5.43. The Balaban J connectivity index is 2.85. The van der Waals surface area contributed by atoms with E-state index in [2.05, 4.69) is 25.7 Å². The Bertz CT molecular complexity index is 245. The third-order valence-corrected chi connectivity index (χ3v) is 4.48. The van der Waals surface area contributed by atoms with Crippen molar-refractivity contribution in [3.05, 3.63) is 0 Å². The van der Waals surface area contributed by atoms with E-state index < -0.39 is 5.97 Å². The number of hydrogen-bond donors (Lipinski definition) is 1. The predicted molar refractivity (Wildman–Crippen MR) is 70.2 cm³/mol. The first-order valence-electron chi connectivity index (χ1n) is 7.01. The van der Waals surface area contributed by atoms with Crippen LogP contribution in [0, 0.1) is 5.92 Å². The maximum Gasteiger partial charge on any atom is 0.305 e. The van der Waals surface area contributed by atoms with Gasteiger partial charge in [-0.05, 0) is 38.8 Å². The molecule has 100 valence electrons. The second kappa shape index (κ2) is 6.39. The van der Waals surface area contributed by atoms with Crippen molar-refractivity contribution in [2.45, 2.75) is 64.8 Å². The minimum Gasteiger partial charge on any atom is -0.481 e. The highest BCUT2D eigenvalue weighted by molar-refractivity contribution is 5.68. The van der Waals surface area contributed by atoms with Crippen molar-refractivity contribution in [1.29, 1.82) is 0 Å². The molecule has 0 aliphatic heterocycles. The number of carboxylic acid groups (broad SMARTS) is 1. The van der Waals surface area contributed by atoms with Gasteiger partial charge in [-0.2, -0.15) is 0 Å². The van der Waals surface area contributed by atoms with Crippen LogP contribution < -0.4 is 0 Å². The van der Waals surface area contributed by atoms with Crippen molar-refractivity contribution in [3.8, 4) is 0 Å². The largest absolute Gasteiger partial charge is 0.481 e. The molecule has 0 aromatic rings. The highest BCUT2D eigenvalue weighted by atomic mass is 16.4. The van der Waals surface area contributed by atoms with Gasteiger partial charge in [0.1, 0.15) is 0 Å². The maximum atomic E-state index is 11.2. The van der Waals surface area contributed by atoms with Crippen molar-refractivity contribution in [3.63, 3.8) is 0 Å². The maximum absolute atomic E-state index is 11.2. The van der Waals surface area contributed by atoms with Gasteiger partial charge < -0.3 is 5.11 Å². The van der Waals surface area contributed by atoms with Crippen molar-refractivity contribution >= 4 is 5.97 Å². The highest BCUT2D eigenvalue weighted by Crippen LogP contribution is 2.38. The van der Waals surface area contributed by atoms with Gasteiger partial charge in [0.25, 0.3) is 0 Å². The van der Waals surface area contributed by atoms with E-state index in [-0.39, 0.29) is 12.0 Å². The smallest absolute Gasteiger partial charge is 0.305 e. The van der Waals surface area contributed by atoms with Gasteiger partial charge in [-0.25, -0.2) is 0 Å². The summed E-state index contributed by atoms with van der Waals surface area (Å²) in [5.41, 5.74) is -0.157. The molecule has 0 amide bonds. The van der Waals surface area contributed by atoms with Crippen LogP contribution in [0.15, 0.2) is 0 Å². The molecule has 0 aromatic carbocycles. The van der Waals surface area contributed by atoms with Crippen molar-refractivity contribution < 1.29 is 9.90 Å². The lowest BCUT2D eigenvalue weighted by molar-refractivity contribution is -0.141. The number of carbonyl (C=O) groups is 1. The van der Waals surface area contributed by atoms with E-state index in [1.807, 2.05) is 0 Å². The zero-order chi connectivity index (χ0) is 12.9. The lowest BCUT2D eigenvalue weighted by Gasteiger charge is -2.46. The van der Waals surface area contributed by atoms with E-state index in [0.29, 0.717) is 5.92 Å². The predicted octanol–water partition coefficient (Wildman–Crippen LogP) is 3.14. The van der Waals surface area contributed by atoms with E-state index in [0.717, 1.165) is 13.1 Å². The SMILES string of the molecule is CCN(CC)C(C)(CC(=O)O)C1CCCCC1. The first kappa shape index (κ1) is 14.5. The van der Waals surface area contributed by atoms with Gasteiger partial charge >= 0.3 is 5.97 Å². The summed E-state index contributed by atoms with van der Waals surface area (Å²) in [6.45, 7) is 8.30.